The molecule has 0 fully saturated rings. The van der Waals surface area contributed by atoms with Crippen molar-refractivity contribution in [2.45, 2.75) is 6.92 Å². The summed E-state index contributed by atoms with van der Waals surface area (Å²) in [5.74, 6) is 0.944. The van der Waals surface area contributed by atoms with Crippen LogP contribution in [0.15, 0.2) is 55.1 Å². The van der Waals surface area contributed by atoms with E-state index < -0.39 is 0 Å². The highest BCUT2D eigenvalue weighted by molar-refractivity contribution is 6.33. The average molecular weight is 310 g/mol. The van der Waals surface area contributed by atoms with Crippen molar-refractivity contribution in [3.8, 4) is 16.9 Å². The van der Waals surface area contributed by atoms with Gasteiger partial charge in [0.05, 0.1) is 11.9 Å². The van der Waals surface area contributed by atoms with Crippen molar-refractivity contribution in [1.82, 2.24) is 24.1 Å². The fraction of sp³-hybridized carbons (Fsp3) is 0.0625. The maximum atomic E-state index is 6.11. The molecule has 0 aliphatic carbocycles. The Bertz CT molecular complexity index is 970. The molecule has 0 spiro atoms. The zero-order valence-corrected chi connectivity index (χ0v) is 12.6. The summed E-state index contributed by atoms with van der Waals surface area (Å²) in [6.45, 7) is 1.98. The van der Waals surface area contributed by atoms with Crippen molar-refractivity contribution in [1.29, 1.82) is 0 Å². The predicted molar refractivity (Wildman–Crippen MR) is 85.3 cm³/mol. The van der Waals surface area contributed by atoms with Crippen LogP contribution in [0.25, 0.3) is 22.6 Å². The molecule has 108 valence electrons. The third kappa shape index (κ3) is 1.98. The highest BCUT2D eigenvalue weighted by atomic mass is 35.5. The minimum Gasteiger partial charge on any atom is -0.304 e. The van der Waals surface area contributed by atoms with Crippen LogP contribution in [-0.4, -0.2) is 24.1 Å². The summed E-state index contributed by atoms with van der Waals surface area (Å²) in [6.07, 6.45) is 7.09. The first kappa shape index (κ1) is 13.0. The molecule has 0 aliphatic rings. The van der Waals surface area contributed by atoms with Crippen LogP contribution in [0.1, 0.15) is 5.82 Å². The summed E-state index contributed by atoms with van der Waals surface area (Å²) in [5, 5.41) is 4.85. The van der Waals surface area contributed by atoms with Crippen molar-refractivity contribution < 1.29 is 0 Å². The second kappa shape index (κ2) is 4.96. The first-order valence-corrected chi connectivity index (χ1v) is 7.21. The van der Waals surface area contributed by atoms with Crippen molar-refractivity contribution in [2.75, 3.05) is 0 Å². The second-order valence-electron chi connectivity index (χ2n) is 4.95. The Hall–Kier alpha value is -2.66. The van der Waals surface area contributed by atoms with E-state index in [-0.39, 0.29) is 0 Å². The molecule has 3 heterocycles. The van der Waals surface area contributed by atoms with Gasteiger partial charge in [-0.1, -0.05) is 23.7 Å². The molecule has 0 saturated carbocycles. The van der Waals surface area contributed by atoms with Gasteiger partial charge in [-0.2, -0.15) is 5.10 Å². The van der Waals surface area contributed by atoms with E-state index in [1.54, 1.807) is 23.1 Å². The molecule has 0 N–H and O–H groups in total. The van der Waals surface area contributed by atoms with E-state index in [4.69, 9.17) is 11.6 Å². The quantitative estimate of drug-likeness (QED) is 0.569. The first-order chi connectivity index (χ1) is 10.7. The third-order valence-electron chi connectivity index (χ3n) is 3.60. The molecule has 4 aromatic rings. The topological polar surface area (TPSA) is 48.0 Å². The van der Waals surface area contributed by atoms with E-state index in [1.165, 1.54) is 0 Å². The van der Waals surface area contributed by atoms with Gasteiger partial charge in [0.25, 0.3) is 0 Å². The first-order valence-electron chi connectivity index (χ1n) is 6.83. The van der Waals surface area contributed by atoms with Crippen LogP contribution in [0.2, 0.25) is 5.02 Å². The van der Waals surface area contributed by atoms with Gasteiger partial charge < -0.3 is 4.57 Å². The van der Waals surface area contributed by atoms with Crippen LogP contribution in [0.5, 0.6) is 0 Å². The number of halogens is 1. The van der Waals surface area contributed by atoms with Gasteiger partial charge in [0.2, 0.25) is 0 Å². The molecule has 1 aromatic carbocycles. The van der Waals surface area contributed by atoms with Gasteiger partial charge in [0.1, 0.15) is 10.8 Å². The van der Waals surface area contributed by atoms with Gasteiger partial charge in [0.15, 0.2) is 5.65 Å². The molecule has 6 heteroatoms. The molecular weight excluding hydrogens is 298 g/mol. The molecule has 4 rings (SSSR count). The Balaban J connectivity index is 1.91. The highest BCUT2D eigenvalue weighted by Crippen LogP contribution is 2.25. The Labute approximate surface area is 131 Å². The molecular formula is C16H12ClN5. The number of aromatic nitrogens is 5. The monoisotopic (exact) mass is 309 g/mol. The Kier molecular flexibility index (Phi) is 2.94. The molecule has 0 unspecified atom stereocenters. The summed E-state index contributed by atoms with van der Waals surface area (Å²) in [6, 6.07) is 10.1. The summed E-state index contributed by atoms with van der Waals surface area (Å²) >= 11 is 6.11. The zero-order valence-electron chi connectivity index (χ0n) is 11.8. The highest BCUT2D eigenvalue weighted by Gasteiger charge is 2.10. The molecule has 0 saturated heterocycles. The smallest absolute Gasteiger partial charge is 0.174 e. The minimum absolute atomic E-state index is 0.545. The number of hydrogen-bond acceptors (Lipinski definition) is 3. The lowest BCUT2D eigenvalue weighted by Crippen LogP contribution is -1.98. The van der Waals surface area contributed by atoms with E-state index in [9.17, 15) is 0 Å². The summed E-state index contributed by atoms with van der Waals surface area (Å²) in [5.41, 5.74) is 3.69. The van der Waals surface area contributed by atoms with Crippen molar-refractivity contribution >= 4 is 17.2 Å². The maximum absolute atomic E-state index is 6.11. The fourth-order valence-corrected chi connectivity index (χ4v) is 2.72. The van der Waals surface area contributed by atoms with E-state index in [1.807, 2.05) is 42.0 Å². The molecule has 0 radical (unpaired) electrons. The van der Waals surface area contributed by atoms with Crippen LogP contribution in [0.3, 0.4) is 0 Å². The Morgan fingerprint density at radius 1 is 1.09 bits per heavy atom. The minimum atomic E-state index is 0.545. The Morgan fingerprint density at radius 3 is 2.82 bits per heavy atom. The van der Waals surface area contributed by atoms with Gasteiger partial charge in [-0.3, -0.25) is 0 Å². The van der Waals surface area contributed by atoms with Crippen LogP contribution >= 0.6 is 11.6 Å². The van der Waals surface area contributed by atoms with E-state index in [2.05, 4.69) is 21.1 Å². The Morgan fingerprint density at radius 2 is 2.00 bits per heavy atom. The number of hydrogen-bond donors (Lipinski definition) is 0. The van der Waals surface area contributed by atoms with Gasteiger partial charge in [0, 0.05) is 29.8 Å². The molecule has 3 aromatic heterocycles. The maximum Gasteiger partial charge on any atom is 0.174 e. The number of benzene rings is 1. The number of imidazole rings is 1. The van der Waals surface area contributed by atoms with E-state index in [0.29, 0.717) is 10.7 Å². The largest absolute Gasteiger partial charge is 0.304 e. The van der Waals surface area contributed by atoms with Crippen molar-refractivity contribution in [3.05, 3.63) is 66.0 Å². The lowest BCUT2D eigenvalue weighted by Gasteiger charge is -2.09. The zero-order chi connectivity index (χ0) is 15.1. The standard InChI is InChI=1S/C16H12ClN5/c1-11-18-7-8-21(11)13-4-2-3-12(9-13)15-5-6-19-16-14(17)10-20-22(15)16/h2-10H,1H3. The average Bonchev–Trinajstić information content (AvgIpc) is 3.14. The predicted octanol–water partition coefficient (Wildman–Crippen LogP) is 3.54. The van der Waals surface area contributed by atoms with Crippen molar-refractivity contribution in [3.63, 3.8) is 0 Å². The molecule has 0 amide bonds. The summed E-state index contributed by atoms with van der Waals surface area (Å²) in [7, 11) is 0. The van der Waals surface area contributed by atoms with Crippen molar-refractivity contribution in [2.24, 2.45) is 0 Å². The van der Waals surface area contributed by atoms with Gasteiger partial charge >= 0.3 is 0 Å². The lowest BCUT2D eigenvalue weighted by atomic mass is 10.1. The number of rotatable bonds is 2. The molecule has 0 bridgehead atoms. The molecule has 5 nitrogen and oxygen atoms in total. The third-order valence-corrected chi connectivity index (χ3v) is 3.87. The normalized spacial score (nSPS) is 11.2. The van der Waals surface area contributed by atoms with Crippen LogP contribution in [0.4, 0.5) is 0 Å². The second-order valence-corrected chi connectivity index (χ2v) is 5.36. The fourth-order valence-electron chi connectivity index (χ4n) is 2.55. The van der Waals surface area contributed by atoms with Crippen LogP contribution in [-0.2, 0) is 0 Å². The van der Waals surface area contributed by atoms with E-state index >= 15 is 0 Å². The van der Waals surface area contributed by atoms with Crippen LogP contribution < -0.4 is 0 Å². The molecule has 0 atom stereocenters. The molecule has 0 aliphatic heterocycles. The van der Waals surface area contributed by atoms with E-state index in [0.717, 1.165) is 22.8 Å². The SMILES string of the molecule is Cc1nccn1-c1cccc(-c2ccnc3c(Cl)cnn23)c1. The number of fused-ring (bicyclic) bond motifs is 1. The van der Waals surface area contributed by atoms with Gasteiger partial charge in [-0.05, 0) is 25.1 Å². The van der Waals surface area contributed by atoms with Crippen LogP contribution in [0, 0.1) is 6.92 Å². The number of nitrogens with zero attached hydrogens (tertiary/aromatic N) is 5. The summed E-state index contributed by atoms with van der Waals surface area (Å²) < 4.78 is 3.79. The van der Waals surface area contributed by atoms with Gasteiger partial charge in [-0.15, -0.1) is 0 Å². The molecule has 22 heavy (non-hydrogen) atoms. The van der Waals surface area contributed by atoms with Gasteiger partial charge in [-0.25, -0.2) is 14.5 Å². The number of aryl methyl sites for hydroxylation is 1. The lowest BCUT2D eigenvalue weighted by molar-refractivity contribution is 0.945. The summed E-state index contributed by atoms with van der Waals surface area (Å²) in [4.78, 5) is 8.53.